The van der Waals surface area contributed by atoms with Gasteiger partial charge < -0.3 is 19.4 Å². The van der Waals surface area contributed by atoms with Gasteiger partial charge in [0.15, 0.2) is 5.69 Å². The second kappa shape index (κ2) is 13.1. The third-order valence-electron chi connectivity index (χ3n) is 6.66. The Kier molecular flexibility index (Phi) is 9.60. The summed E-state index contributed by atoms with van der Waals surface area (Å²) in [5.74, 6) is 1.46. The Labute approximate surface area is 224 Å². The van der Waals surface area contributed by atoms with Crippen molar-refractivity contribution in [3.63, 3.8) is 0 Å². The number of thiol groups is 1. The number of rotatable bonds is 8. The van der Waals surface area contributed by atoms with E-state index in [1.807, 2.05) is 49.2 Å². The van der Waals surface area contributed by atoms with Crippen LogP contribution in [0.25, 0.3) is 0 Å². The molecule has 1 saturated heterocycles. The molecule has 8 nitrogen and oxygen atoms in total. The number of amides is 1. The molecule has 2 aliphatic rings. The third-order valence-corrected chi connectivity index (χ3v) is 7.37. The van der Waals surface area contributed by atoms with Crippen molar-refractivity contribution in [3.05, 3.63) is 71.2 Å². The first kappa shape index (κ1) is 27.2. The number of aryl methyl sites for hydroxylation is 2. The zero-order valence-electron chi connectivity index (χ0n) is 21.9. The van der Waals surface area contributed by atoms with Crippen LogP contribution >= 0.6 is 12.6 Å². The van der Waals surface area contributed by atoms with Crippen molar-refractivity contribution in [1.29, 1.82) is 0 Å². The van der Waals surface area contributed by atoms with E-state index in [-0.39, 0.29) is 5.91 Å². The predicted octanol–water partition coefficient (Wildman–Crippen LogP) is 3.92. The van der Waals surface area contributed by atoms with Crippen molar-refractivity contribution in [1.82, 2.24) is 25.1 Å². The molecule has 2 fully saturated rings. The van der Waals surface area contributed by atoms with Crippen molar-refractivity contribution in [2.75, 3.05) is 39.8 Å². The van der Waals surface area contributed by atoms with E-state index in [1.54, 1.807) is 7.11 Å². The Morgan fingerprint density at radius 2 is 1.89 bits per heavy atom. The minimum absolute atomic E-state index is 0.0317. The predicted molar refractivity (Wildman–Crippen MR) is 146 cm³/mol. The average molecular weight is 524 g/mol. The minimum atomic E-state index is -0.0317. The van der Waals surface area contributed by atoms with E-state index < -0.39 is 0 Å². The van der Waals surface area contributed by atoms with E-state index in [1.165, 1.54) is 19.1 Å². The van der Waals surface area contributed by atoms with Crippen molar-refractivity contribution in [2.24, 2.45) is 0 Å². The Hall–Kier alpha value is -2.88. The molecule has 0 atom stereocenters. The van der Waals surface area contributed by atoms with Crippen LogP contribution in [-0.4, -0.2) is 71.6 Å². The monoisotopic (exact) mass is 523 g/mol. The van der Waals surface area contributed by atoms with Gasteiger partial charge in [-0.15, -0.1) is 12.6 Å². The Morgan fingerprint density at radius 1 is 1.16 bits per heavy atom. The van der Waals surface area contributed by atoms with Crippen molar-refractivity contribution in [3.8, 4) is 5.75 Å². The molecule has 9 heteroatoms. The fourth-order valence-electron chi connectivity index (χ4n) is 4.20. The van der Waals surface area contributed by atoms with Crippen LogP contribution in [0.4, 0.5) is 0 Å². The van der Waals surface area contributed by atoms with E-state index in [2.05, 4.69) is 38.9 Å². The van der Waals surface area contributed by atoms with Gasteiger partial charge in [0.2, 0.25) is 5.89 Å². The van der Waals surface area contributed by atoms with Gasteiger partial charge in [-0.25, -0.2) is 4.98 Å². The Balaban J connectivity index is 0.000000245. The summed E-state index contributed by atoms with van der Waals surface area (Å²) < 4.78 is 10.5. The molecule has 0 radical (unpaired) electrons. The summed E-state index contributed by atoms with van der Waals surface area (Å²) in [4.78, 5) is 26.6. The number of pyridine rings is 1. The highest BCUT2D eigenvalue weighted by molar-refractivity contribution is 7.80. The number of nitrogens with zero attached hydrogens (tertiary/aromatic N) is 4. The fourth-order valence-corrected chi connectivity index (χ4v) is 4.33. The van der Waals surface area contributed by atoms with Gasteiger partial charge >= 0.3 is 0 Å². The van der Waals surface area contributed by atoms with Crippen LogP contribution < -0.4 is 10.1 Å². The molecule has 1 aliphatic heterocycles. The van der Waals surface area contributed by atoms with Gasteiger partial charge in [0.25, 0.3) is 5.91 Å². The highest BCUT2D eigenvalue weighted by Crippen LogP contribution is 2.24. The second-order valence-corrected chi connectivity index (χ2v) is 10.0. The summed E-state index contributed by atoms with van der Waals surface area (Å²) in [5.41, 5.74) is 3.84. The number of oxazole rings is 1. The van der Waals surface area contributed by atoms with Gasteiger partial charge in [-0.2, -0.15) is 0 Å². The maximum atomic E-state index is 12.6. The molecule has 1 N–H and O–H groups in total. The minimum Gasteiger partial charge on any atom is -0.497 e. The molecule has 37 heavy (non-hydrogen) atoms. The lowest BCUT2D eigenvalue weighted by molar-refractivity contribution is 0.0632. The lowest BCUT2D eigenvalue weighted by Crippen LogP contribution is -2.49. The molecule has 0 bridgehead atoms. The molecular formula is C28H37N5O3S. The van der Waals surface area contributed by atoms with Gasteiger partial charge in [-0.3, -0.25) is 14.7 Å². The molecule has 2 aromatic heterocycles. The summed E-state index contributed by atoms with van der Waals surface area (Å²) in [6.07, 6.45) is 6.70. The number of benzene rings is 1. The third kappa shape index (κ3) is 8.05. The first-order valence-electron chi connectivity index (χ1n) is 12.9. The van der Waals surface area contributed by atoms with E-state index in [9.17, 15) is 4.79 Å². The lowest BCUT2D eigenvalue weighted by atomic mass is 10.1. The molecule has 1 aromatic carbocycles. The van der Waals surface area contributed by atoms with Crippen LogP contribution in [0.5, 0.6) is 5.75 Å². The van der Waals surface area contributed by atoms with Crippen LogP contribution in [0.15, 0.2) is 52.1 Å². The van der Waals surface area contributed by atoms with Gasteiger partial charge in [0.05, 0.1) is 13.7 Å². The summed E-state index contributed by atoms with van der Waals surface area (Å²) in [5, 5.41) is 3.35. The van der Waals surface area contributed by atoms with E-state index in [4.69, 9.17) is 9.15 Å². The summed E-state index contributed by atoms with van der Waals surface area (Å²) in [6, 6.07) is 10.6. The normalized spacial score (nSPS) is 15.7. The molecule has 1 amide bonds. The van der Waals surface area contributed by atoms with E-state index in [0.29, 0.717) is 24.2 Å². The molecule has 3 heterocycles. The maximum absolute atomic E-state index is 12.6. The van der Waals surface area contributed by atoms with Gasteiger partial charge in [-0.1, -0.05) is 6.07 Å². The Morgan fingerprint density at radius 3 is 2.51 bits per heavy atom. The summed E-state index contributed by atoms with van der Waals surface area (Å²) in [7, 11) is 1.67. The molecule has 3 aromatic rings. The Bertz CT molecular complexity index is 1130. The average Bonchev–Trinajstić information content (AvgIpc) is 3.64. The fraction of sp³-hybridized carbons (Fsp3) is 0.464. The molecule has 1 saturated carbocycles. The van der Waals surface area contributed by atoms with Gasteiger partial charge in [0, 0.05) is 62.0 Å². The number of ether oxygens (including phenoxy) is 1. The van der Waals surface area contributed by atoms with Gasteiger partial charge in [0.1, 0.15) is 12.0 Å². The van der Waals surface area contributed by atoms with Crippen LogP contribution in [0.2, 0.25) is 0 Å². The topological polar surface area (TPSA) is 83.7 Å². The first-order chi connectivity index (χ1) is 17.9. The number of piperazine rings is 1. The van der Waals surface area contributed by atoms with Crippen LogP contribution in [-0.2, 0) is 13.0 Å². The maximum Gasteiger partial charge on any atom is 0.275 e. The molecule has 1 aliphatic carbocycles. The number of nitrogens with one attached hydrogen (secondary N) is 1. The van der Waals surface area contributed by atoms with Crippen molar-refractivity contribution in [2.45, 2.75) is 50.6 Å². The van der Waals surface area contributed by atoms with Crippen LogP contribution in [0, 0.1) is 13.8 Å². The number of carbonyl (C=O) groups excluding carboxylic acids is 1. The zero-order chi connectivity index (χ0) is 26.2. The SMILES string of the molecule is COc1cc(C)c(S)c(C)c1.O=C(c1coc(CNC2CC2)n1)N1CCN(CCc2ccccn2)CC1. The van der Waals surface area contributed by atoms with Crippen molar-refractivity contribution >= 4 is 18.5 Å². The second-order valence-electron chi connectivity index (χ2n) is 9.60. The molecule has 0 unspecified atom stereocenters. The summed E-state index contributed by atoms with van der Waals surface area (Å²) >= 11 is 4.34. The number of carbonyl (C=O) groups is 1. The number of hydrogen-bond acceptors (Lipinski definition) is 8. The molecule has 5 rings (SSSR count). The number of aromatic nitrogens is 2. The van der Waals surface area contributed by atoms with Crippen molar-refractivity contribution < 1.29 is 13.9 Å². The number of methoxy groups -OCH3 is 1. The van der Waals surface area contributed by atoms with Gasteiger partial charge in [-0.05, 0) is 62.1 Å². The molecular weight excluding hydrogens is 486 g/mol. The van der Waals surface area contributed by atoms with Crippen LogP contribution in [0.1, 0.15) is 46.0 Å². The largest absolute Gasteiger partial charge is 0.497 e. The lowest BCUT2D eigenvalue weighted by Gasteiger charge is -2.34. The van der Waals surface area contributed by atoms with Crippen LogP contribution in [0.3, 0.4) is 0 Å². The quantitative estimate of drug-likeness (QED) is 0.433. The summed E-state index contributed by atoms with van der Waals surface area (Å²) in [6.45, 7) is 8.83. The highest BCUT2D eigenvalue weighted by Gasteiger charge is 2.25. The molecule has 198 valence electrons. The highest BCUT2D eigenvalue weighted by atomic mass is 32.1. The smallest absolute Gasteiger partial charge is 0.275 e. The molecule has 0 spiro atoms. The standard InChI is InChI=1S/C19H25N5O2.C9H12OS/c25-19(17-14-26-18(22-17)13-21-16-4-5-16)24-11-9-23(10-12-24)8-6-15-3-1-2-7-20-15;1-6-4-8(10-3)5-7(2)9(6)11/h1-3,7,14,16,21H,4-6,8-13H2;4-5,11H,1-3H3. The zero-order valence-corrected chi connectivity index (χ0v) is 22.8. The van der Waals surface area contributed by atoms with E-state index in [0.717, 1.165) is 66.6 Å². The first-order valence-corrected chi connectivity index (χ1v) is 13.3. The number of hydrogen-bond donors (Lipinski definition) is 2. The van der Waals surface area contributed by atoms with E-state index >= 15 is 0 Å².